The third kappa shape index (κ3) is 2.91. The molecule has 0 bridgehead atoms. The molecule has 0 spiro atoms. The standard InChI is InChI=1S/C14H15ClFNS/c1-2-3-12(17)14-7-6-13(18-14)10-5-4-9(15)8-11(10)16/h4-8,12H,2-3,17H2,1H3. The van der Waals surface area contributed by atoms with Gasteiger partial charge in [0.05, 0.1) is 0 Å². The molecular formula is C14H15ClFNS. The Bertz CT molecular complexity index is 538. The van der Waals surface area contributed by atoms with Crippen LogP contribution in [0.5, 0.6) is 0 Å². The highest BCUT2D eigenvalue weighted by atomic mass is 35.5. The number of thiophene rings is 1. The van der Waals surface area contributed by atoms with Crippen LogP contribution >= 0.6 is 22.9 Å². The van der Waals surface area contributed by atoms with Gasteiger partial charge in [-0.05, 0) is 36.8 Å². The fourth-order valence-corrected chi connectivity index (χ4v) is 3.07. The highest BCUT2D eigenvalue weighted by Gasteiger charge is 2.12. The molecule has 0 aliphatic rings. The van der Waals surface area contributed by atoms with Gasteiger partial charge in [-0.1, -0.05) is 24.9 Å². The predicted octanol–water partition coefficient (Wildman–Crippen LogP) is 5.01. The minimum absolute atomic E-state index is 0.0455. The first-order chi connectivity index (χ1) is 8.61. The fraction of sp³-hybridized carbons (Fsp3) is 0.286. The van der Waals surface area contributed by atoms with E-state index >= 15 is 0 Å². The predicted molar refractivity (Wildman–Crippen MR) is 76.6 cm³/mol. The van der Waals surface area contributed by atoms with Crippen molar-refractivity contribution in [2.75, 3.05) is 0 Å². The summed E-state index contributed by atoms with van der Waals surface area (Å²) in [7, 11) is 0. The normalized spacial score (nSPS) is 12.7. The first kappa shape index (κ1) is 13.5. The van der Waals surface area contributed by atoms with Gasteiger partial charge in [-0.2, -0.15) is 0 Å². The highest BCUT2D eigenvalue weighted by molar-refractivity contribution is 7.15. The summed E-state index contributed by atoms with van der Waals surface area (Å²) in [4.78, 5) is 1.99. The van der Waals surface area contributed by atoms with Gasteiger partial charge in [0.2, 0.25) is 0 Å². The molecule has 0 amide bonds. The lowest BCUT2D eigenvalue weighted by Gasteiger charge is -2.06. The summed E-state index contributed by atoms with van der Waals surface area (Å²) >= 11 is 7.29. The van der Waals surface area contributed by atoms with Crippen molar-refractivity contribution in [2.45, 2.75) is 25.8 Å². The zero-order valence-electron chi connectivity index (χ0n) is 10.1. The highest BCUT2D eigenvalue weighted by Crippen LogP contribution is 2.34. The van der Waals surface area contributed by atoms with E-state index < -0.39 is 0 Å². The topological polar surface area (TPSA) is 26.0 Å². The molecule has 0 aliphatic carbocycles. The fourth-order valence-electron chi connectivity index (χ4n) is 1.84. The van der Waals surface area contributed by atoms with Crippen molar-refractivity contribution in [2.24, 2.45) is 5.73 Å². The van der Waals surface area contributed by atoms with Crippen LogP contribution < -0.4 is 5.73 Å². The van der Waals surface area contributed by atoms with Crippen molar-refractivity contribution < 1.29 is 4.39 Å². The molecule has 18 heavy (non-hydrogen) atoms. The average Bonchev–Trinajstić information content (AvgIpc) is 2.78. The minimum Gasteiger partial charge on any atom is -0.323 e. The first-order valence-corrected chi connectivity index (χ1v) is 7.12. The minimum atomic E-state index is -0.292. The van der Waals surface area contributed by atoms with E-state index in [2.05, 4.69) is 6.92 Å². The number of nitrogens with two attached hydrogens (primary N) is 1. The number of benzene rings is 1. The quantitative estimate of drug-likeness (QED) is 0.839. The zero-order valence-corrected chi connectivity index (χ0v) is 11.7. The van der Waals surface area contributed by atoms with Gasteiger partial charge in [-0.15, -0.1) is 11.3 Å². The first-order valence-electron chi connectivity index (χ1n) is 5.92. The Balaban J connectivity index is 2.29. The molecule has 0 aliphatic heterocycles. The lowest BCUT2D eigenvalue weighted by atomic mass is 10.1. The molecule has 0 radical (unpaired) electrons. The van der Waals surface area contributed by atoms with Crippen molar-refractivity contribution in [1.82, 2.24) is 0 Å². The Labute approximate surface area is 115 Å². The van der Waals surface area contributed by atoms with E-state index in [1.165, 1.54) is 6.07 Å². The molecule has 1 nitrogen and oxygen atoms in total. The van der Waals surface area contributed by atoms with Crippen molar-refractivity contribution in [3.8, 4) is 10.4 Å². The molecule has 1 aromatic heterocycles. The van der Waals surface area contributed by atoms with Crippen LogP contribution in [0.3, 0.4) is 0 Å². The van der Waals surface area contributed by atoms with Crippen LogP contribution in [0.15, 0.2) is 30.3 Å². The molecule has 96 valence electrons. The summed E-state index contributed by atoms with van der Waals surface area (Å²) in [5.41, 5.74) is 6.64. The van der Waals surface area contributed by atoms with E-state index in [0.717, 1.165) is 22.6 Å². The van der Waals surface area contributed by atoms with Crippen molar-refractivity contribution >= 4 is 22.9 Å². The van der Waals surface area contributed by atoms with Crippen molar-refractivity contribution in [3.63, 3.8) is 0 Å². The van der Waals surface area contributed by atoms with Gasteiger partial charge in [0, 0.05) is 26.4 Å². The van der Waals surface area contributed by atoms with Crippen LogP contribution in [0, 0.1) is 5.82 Å². The van der Waals surface area contributed by atoms with Crippen molar-refractivity contribution in [3.05, 3.63) is 46.0 Å². The molecule has 0 saturated heterocycles. The molecule has 1 heterocycles. The Morgan fingerprint density at radius 3 is 2.78 bits per heavy atom. The van der Waals surface area contributed by atoms with Crippen LogP contribution in [-0.4, -0.2) is 0 Å². The molecular weight excluding hydrogens is 269 g/mol. The molecule has 1 unspecified atom stereocenters. The van der Waals surface area contributed by atoms with Gasteiger partial charge in [-0.25, -0.2) is 4.39 Å². The van der Waals surface area contributed by atoms with E-state index in [1.54, 1.807) is 23.5 Å². The Hall–Kier alpha value is -0.900. The van der Waals surface area contributed by atoms with Crippen LogP contribution in [0.25, 0.3) is 10.4 Å². The molecule has 0 saturated carbocycles. The van der Waals surface area contributed by atoms with Gasteiger partial charge >= 0.3 is 0 Å². The maximum atomic E-state index is 13.8. The number of hydrogen-bond donors (Lipinski definition) is 1. The number of hydrogen-bond acceptors (Lipinski definition) is 2. The third-order valence-electron chi connectivity index (χ3n) is 2.79. The summed E-state index contributed by atoms with van der Waals surface area (Å²) in [5.74, 6) is -0.292. The Morgan fingerprint density at radius 1 is 1.33 bits per heavy atom. The van der Waals surface area contributed by atoms with Crippen LogP contribution in [0.4, 0.5) is 4.39 Å². The lowest BCUT2D eigenvalue weighted by Crippen LogP contribution is -2.07. The Kier molecular flexibility index (Phi) is 4.38. The molecule has 4 heteroatoms. The number of rotatable bonds is 4. The zero-order chi connectivity index (χ0) is 13.1. The monoisotopic (exact) mass is 283 g/mol. The summed E-state index contributed by atoms with van der Waals surface area (Å²) in [6.07, 6.45) is 1.99. The van der Waals surface area contributed by atoms with Gasteiger partial charge in [0.1, 0.15) is 5.82 Å². The molecule has 1 aromatic carbocycles. The third-order valence-corrected chi connectivity index (χ3v) is 4.27. The van der Waals surface area contributed by atoms with E-state index in [9.17, 15) is 4.39 Å². The molecule has 2 rings (SSSR count). The molecule has 0 fully saturated rings. The van der Waals surface area contributed by atoms with E-state index in [-0.39, 0.29) is 11.9 Å². The molecule has 2 N–H and O–H groups in total. The van der Waals surface area contributed by atoms with E-state index in [0.29, 0.717) is 10.6 Å². The molecule has 2 aromatic rings. The summed E-state index contributed by atoms with van der Waals surface area (Å²) in [5, 5.41) is 0.413. The maximum absolute atomic E-state index is 13.8. The van der Waals surface area contributed by atoms with Gasteiger partial charge in [-0.3, -0.25) is 0 Å². The second kappa shape index (κ2) is 5.83. The van der Waals surface area contributed by atoms with Gasteiger partial charge in [0.25, 0.3) is 0 Å². The summed E-state index contributed by atoms with van der Waals surface area (Å²) in [6.45, 7) is 2.10. The lowest BCUT2D eigenvalue weighted by molar-refractivity contribution is 0.632. The SMILES string of the molecule is CCCC(N)c1ccc(-c2ccc(Cl)cc2F)s1. The second-order valence-corrected chi connectivity index (χ2v) is 5.77. The van der Waals surface area contributed by atoms with Crippen molar-refractivity contribution in [1.29, 1.82) is 0 Å². The summed E-state index contributed by atoms with van der Waals surface area (Å²) in [6, 6.07) is 8.69. The van der Waals surface area contributed by atoms with Gasteiger partial charge < -0.3 is 5.73 Å². The second-order valence-electron chi connectivity index (χ2n) is 4.22. The van der Waals surface area contributed by atoms with Gasteiger partial charge in [0.15, 0.2) is 0 Å². The molecule has 1 atom stereocenters. The Morgan fingerprint density at radius 2 is 2.11 bits per heavy atom. The summed E-state index contributed by atoms with van der Waals surface area (Å²) < 4.78 is 13.8. The van der Waals surface area contributed by atoms with Crippen LogP contribution in [0.2, 0.25) is 5.02 Å². The maximum Gasteiger partial charge on any atom is 0.133 e. The average molecular weight is 284 g/mol. The van der Waals surface area contributed by atoms with Crippen LogP contribution in [-0.2, 0) is 0 Å². The van der Waals surface area contributed by atoms with E-state index in [4.69, 9.17) is 17.3 Å². The number of halogens is 2. The van der Waals surface area contributed by atoms with Crippen LogP contribution in [0.1, 0.15) is 30.7 Å². The largest absolute Gasteiger partial charge is 0.323 e. The van der Waals surface area contributed by atoms with E-state index in [1.807, 2.05) is 12.1 Å². The smallest absolute Gasteiger partial charge is 0.133 e.